The first-order valence-corrected chi connectivity index (χ1v) is 11.8. The Morgan fingerprint density at radius 1 is 1.08 bits per heavy atom. The predicted molar refractivity (Wildman–Crippen MR) is 136 cm³/mol. The second-order valence-electron chi connectivity index (χ2n) is 8.34. The smallest absolute Gasteiger partial charge is 0.300 e. The molecule has 1 saturated heterocycles. The maximum atomic E-state index is 13.9. The summed E-state index contributed by atoms with van der Waals surface area (Å²) in [5.74, 6) is -1.69. The van der Waals surface area contributed by atoms with Gasteiger partial charge in [-0.3, -0.25) is 14.5 Å². The molecule has 4 rings (SSSR count). The minimum atomic E-state index is -1.04. The van der Waals surface area contributed by atoms with E-state index in [0.717, 1.165) is 18.1 Å². The molecule has 6 nitrogen and oxygen atoms in total. The Bertz CT molecular complexity index is 1370. The number of nitrogens with zero attached hydrogens (tertiary/aromatic N) is 1. The van der Waals surface area contributed by atoms with Crippen LogP contribution in [0.15, 0.2) is 66.2 Å². The Morgan fingerprint density at radius 2 is 1.83 bits per heavy atom. The Morgan fingerprint density at radius 3 is 2.50 bits per heavy atom. The number of hydrogen-bond acceptors (Lipinski definition) is 5. The van der Waals surface area contributed by atoms with Gasteiger partial charge in [0.2, 0.25) is 0 Å². The molecule has 8 heteroatoms. The van der Waals surface area contributed by atoms with Crippen LogP contribution in [0.25, 0.3) is 5.76 Å². The minimum absolute atomic E-state index is 0.119. The largest absolute Gasteiger partial charge is 0.507 e. The van der Waals surface area contributed by atoms with Gasteiger partial charge in [-0.1, -0.05) is 36.7 Å². The number of para-hydroxylation sites is 1. The zero-order valence-electron chi connectivity index (χ0n) is 20.0. The van der Waals surface area contributed by atoms with Crippen LogP contribution in [0.2, 0.25) is 5.02 Å². The van der Waals surface area contributed by atoms with Gasteiger partial charge in [0.1, 0.15) is 23.1 Å². The summed E-state index contributed by atoms with van der Waals surface area (Å²) in [6.45, 7) is 4.38. The number of methoxy groups -OCH3 is 1. The van der Waals surface area contributed by atoms with Crippen LogP contribution in [-0.2, 0) is 9.59 Å². The Kier molecular flexibility index (Phi) is 7.31. The van der Waals surface area contributed by atoms with Crippen molar-refractivity contribution in [1.82, 2.24) is 0 Å². The van der Waals surface area contributed by atoms with Gasteiger partial charge in [-0.2, -0.15) is 0 Å². The minimum Gasteiger partial charge on any atom is -0.507 e. The van der Waals surface area contributed by atoms with Crippen LogP contribution in [0, 0.1) is 12.7 Å². The number of carbonyl (C=O) groups is 2. The summed E-state index contributed by atoms with van der Waals surface area (Å²) in [5.41, 5.74) is 1.68. The fourth-order valence-electron chi connectivity index (χ4n) is 4.25. The molecule has 0 bridgehead atoms. The summed E-state index contributed by atoms with van der Waals surface area (Å²) in [6, 6.07) is 14.6. The number of aryl methyl sites for hydroxylation is 1. The molecule has 3 aromatic rings. The van der Waals surface area contributed by atoms with E-state index < -0.39 is 23.5 Å². The molecule has 1 N–H and O–H groups in total. The molecular weight excluding hydrogens is 485 g/mol. The molecule has 36 heavy (non-hydrogen) atoms. The number of benzene rings is 3. The lowest BCUT2D eigenvalue weighted by molar-refractivity contribution is -0.132. The summed E-state index contributed by atoms with van der Waals surface area (Å²) in [6.07, 6.45) is 0.844. The predicted octanol–water partition coefficient (Wildman–Crippen LogP) is 6.21. The lowest BCUT2D eigenvalue weighted by Gasteiger charge is -2.27. The van der Waals surface area contributed by atoms with Crippen molar-refractivity contribution in [3.8, 4) is 11.5 Å². The number of amides is 1. The molecule has 186 valence electrons. The van der Waals surface area contributed by atoms with Gasteiger partial charge in [-0.25, -0.2) is 4.39 Å². The standard InChI is InChI=1S/C28H25ClFNO5/c1-4-13-36-22-12-9-17(14-16(22)2)26(32)24-25(19-7-5-6-8-23(19)35-3)31(28(34)27(24)33)18-10-11-21(30)20(29)15-18/h5-12,14-15,25,32H,4,13H2,1-3H3/b26-24+. The van der Waals surface area contributed by atoms with Gasteiger partial charge >= 0.3 is 0 Å². The van der Waals surface area contributed by atoms with Gasteiger partial charge in [-0.15, -0.1) is 0 Å². The highest BCUT2D eigenvalue weighted by Gasteiger charge is 2.48. The SMILES string of the molecule is CCCOc1ccc(/C(O)=C2\C(=O)C(=O)N(c3ccc(F)c(Cl)c3)C2c2ccccc2OC)cc1C. The lowest BCUT2D eigenvalue weighted by atomic mass is 9.94. The lowest BCUT2D eigenvalue weighted by Crippen LogP contribution is -2.29. The van der Waals surface area contributed by atoms with E-state index in [0.29, 0.717) is 29.2 Å². The molecule has 1 heterocycles. The molecule has 0 aromatic heterocycles. The maximum absolute atomic E-state index is 13.9. The van der Waals surface area contributed by atoms with E-state index >= 15 is 0 Å². The van der Waals surface area contributed by atoms with E-state index in [2.05, 4.69) is 0 Å². The van der Waals surface area contributed by atoms with Crippen molar-refractivity contribution in [2.75, 3.05) is 18.6 Å². The van der Waals surface area contributed by atoms with Crippen LogP contribution in [0.5, 0.6) is 11.5 Å². The average molecular weight is 510 g/mol. The molecule has 1 aliphatic heterocycles. The number of Topliss-reactive ketones (excluding diaryl/α,β-unsaturated/α-hetero) is 1. The van der Waals surface area contributed by atoms with Crippen molar-refractivity contribution >= 4 is 34.7 Å². The molecular formula is C28H25ClFNO5. The van der Waals surface area contributed by atoms with E-state index in [4.69, 9.17) is 21.1 Å². The van der Waals surface area contributed by atoms with E-state index in [1.807, 2.05) is 13.8 Å². The first kappa shape index (κ1) is 25.3. The number of hydrogen-bond donors (Lipinski definition) is 1. The van der Waals surface area contributed by atoms with Gasteiger partial charge in [0.05, 0.1) is 30.4 Å². The van der Waals surface area contributed by atoms with Crippen molar-refractivity contribution in [2.45, 2.75) is 26.3 Å². The highest BCUT2D eigenvalue weighted by molar-refractivity contribution is 6.52. The van der Waals surface area contributed by atoms with E-state index in [1.54, 1.807) is 42.5 Å². The topological polar surface area (TPSA) is 76.1 Å². The number of ether oxygens (including phenoxy) is 2. The molecule has 1 fully saturated rings. The highest BCUT2D eigenvalue weighted by Crippen LogP contribution is 2.45. The van der Waals surface area contributed by atoms with Crippen molar-refractivity contribution in [3.05, 3.63) is 93.8 Å². The first-order chi connectivity index (χ1) is 17.3. The van der Waals surface area contributed by atoms with Crippen LogP contribution >= 0.6 is 11.6 Å². The molecule has 0 radical (unpaired) electrons. The molecule has 1 unspecified atom stereocenters. The van der Waals surface area contributed by atoms with Crippen molar-refractivity contribution in [2.24, 2.45) is 0 Å². The highest BCUT2D eigenvalue weighted by atomic mass is 35.5. The zero-order chi connectivity index (χ0) is 26.0. The van der Waals surface area contributed by atoms with E-state index in [-0.39, 0.29) is 22.0 Å². The van der Waals surface area contributed by atoms with Gasteiger partial charge < -0.3 is 14.6 Å². The van der Waals surface area contributed by atoms with E-state index in [9.17, 15) is 19.1 Å². The third kappa shape index (κ3) is 4.54. The third-order valence-electron chi connectivity index (χ3n) is 5.97. The quantitative estimate of drug-likeness (QED) is 0.233. The van der Waals surface area contributed by atoms with Crippen molar-refractivity contribution in [1.29, 1.82) is 0 Å². The zero-order valence-corrected chi connectivity index (χ0v) is 20.8. The number of carbonyl (C=O) groups excluding carboxylic acids is 2. The molecule has 1 atom stereocenters. The van der Waals surface area contributed by atoms with E-state index in [1.165, 1.54) is 24.1 Å². The third-order valence-corrected chi connectivity index (χ3v) is 6.26. The summed E-state index contributed by atoms with van der Waals surface area (Å²) in [5, 5.41) is 11.2. The van der Waals surface area contributed by atoms with Gasteiger partial charge in [0, 0.05) is 16.8 Å². The molecule has 0 aliphatic carbocycles. The first-order valence-electron chi connectivity index (χ1n) is 11.4. The number of ketones is 1. The summed E-state index contributed by atoms with van der Waals surface area (Å²) >= 11 is 6.00. The molecule has 1 aliphatic rings. The van der Waals surface area contributed by atoms with Crippen LogP contribution in [0.1, 0.15) is 36.1 Å². The van der Waals surface area contributed by atoms with Crippen LogP contribution < -0.4 is 14.4 Å². The van der Waals surface area contributed by atoms with Crippen LogP contribution in [-0.4, -0.2) is 30.5 Å². The van der Waals surface area contributed by atoms with Gasteiger partial charge in [0.15, 0.2) is 0 Å². The number of rotatable bonds is 7. The second-order valence-corrected chi connectivity index (χ2v) is 8.75. The Labute approximate surface area is 213 Å². The summed E-state index contributed by atoms with van der Waals surface area (Å²) in [4.78, 5) is 27.9. The Hall–Kier alpha value is -3.84. The molecule has 0 saturated carbocycles. The molecule has 3 aromatic carbocycles. The fourth-order valence-corrected chi connectivity index (χ4v) is 4.42. The summed E-state index contributed by atoms with van der Waals surface area (Å²) in [7, 11) is 1.47. The van der Waals surface area contributed by atoms with Crippen molar-refractivity contribution in [3.63, 3.8) is 0 Å². The van der Waals surface area contributed by atoms with Crippen LogP contribution in [0.4, 0.5) is 10.1 Å². The monoisotopic (exact) mass is 509 g/mol. The molecule has 0 spiro atoms. The fraction of sp³-hybridized carbons (Fsp3) is 0.214. The van der Waals surface area contributed by atoms with Gasteiger partial charge in [0.25, 0.3) is 11.7 Å². The van der Waals surface area contributed by atoms with Gasteiger partial charge in [-0.05, 0) is 61.4 Å². The second kappa shape index (κ2) is 10.4. The normalized spacial score (nSPS) is 16.9. The Balaban J connectivity index is 1.92. The number of aliphatic hydroxyl groups is 1. The summed E-state index contributed by atoms with van der Waals surface area (Å²) < 4.78 is 25.1. The van der Waals surface area contributed by atoms with Crippen molar-refractivity contribution < 1.29 is 28.6 Å². The molecule has 1 amide bonds. The number of halogens is 2. The number of aliphatic hydroxyl groups excluding tert-OH is 1. The maximum Gasteiger partial charge on any atom is 0.300 e. The average Bonchev–Trinajstić information content (AvgIpc) is 3.14. The number of anilines is 1. The van der Waals surface area contributed by atoms with Crippen LogP contribution in [0.3, 0.4) is 0 Å².